The van der Waals surface area contributed by atoms with Crippen molar-refractivity contribution in [1.29, 1.82) is 0 Å². The smallest absolute Gasteiger partial charge is 0.0614 e. The lowest BCUT2D eigenvalue weighted by atomic mass is 9.75. The van der Waals surface area contributed by atoms with Crippen molar-refractivity contribution in [2.45, 2.75) is 99.5 Å². The molecule has 2 heteroatoms. The van der Waals surface area contributed by atoms with Gasteiger partial charge in [0.1, 0.15) is 0 Å². The number of aliphatic hydroxyl groups is 2. The number of rotatable bonds is 8. The minimum atomic E-state index is -0.0289. The molecule has 0 aromatic rings. The summed E-state index contributed by atoms with van der Waals surface area (Å²) in [5, 5.41) is 18.4. The van der Waals surface area contributed by atoms with Gasteiger partial charge in [0, 0.05) is 0 Å². The van der Waals surface area contributed by atoms with Crippen LogP contribution in [0.1, 0.15) is 93.4 Å². The Hall–Kier alpha value is -0.860. The molecule has 0 aliphatic heterocycles. The van der Waals surface area contributed by atoms with E-state index in [0.29, 0.717) is 11.8 Å². The largest absolute Gasteiger partial charge is 0.393 e. The van der Waals surface area contributed by atoms with Crippen LogP contribution in [0.3, 0.4) is 0 Å². The Balaban J connectivity index is 0.000000533. The van der Waals surface area contributed by atoms with Gasteiger partial charge in [-0.15, -0.1) is 0 Å². The Labute approximate surface area is 169 Å². The van der Waals surface area contributed by atoms with Crippen molar-refractivity contribution in [3.63, 3.8) is 0 Å². The average molecular weight is 379 g/mol. The summed E-state index contributed by atoms with van der Waals surface area (Å²) in [5.41, 5.74) is 4.14. The number of hydrogen-bond donors (Lipinski definition) is 2. The zero-order valence-electron chi connectivity index (χ0n) is 19.1. The van der Waals surface area contributed by atoms with Crippen molar-refractivity contribution in [3.8, 4) is 0 Å². The van der Waals surface area contributed by atoms with Gasteiger partial charge in [0.15, 0.2) is 0 Å². The molecule has 0 bridgehead atoms. The molecule has 3 atom stereocenters. The predicted octanol–water partition coefficient (Wildman–Crippen LogP) is 6.84. The molecule has 0 saturated heterocycles. The summed E-state index contributed by atoms with van der Waals surface area (Å²) in [7, 11) is 0. The maximum atomic E-state index is 9.71. The molecular formula is C25H46O2. The molecule has 0 aromatic heterocycles. The van der Waals surface area contributed by atoms with Crippen LogP contribution in [0.25, 0.3) is 0 Å². The van der Waals surface area contributed by atoms with Crippen molar-refractivity contribution in [3.05, 3.63) is 34.9 Å². The quantitative estimate of drug-likeness (QED) is 0.454. The Kier molecular flexibility index (Phi) is 14.6. The molecule has 2 N–H and O–H groups in total. The van der Waals surface area contributed by atoms with Gasteiger partial charge in [-0.25, -0.2) is 0 Å². The van der Waals surface area contributed by atoms with Gasteiger partial charge in [-0.3, -0.25) is 0 Å². The monoisotopic (exact) mass is 378 g/mol. The average Bonchev–Trinajstić information content (AvgIpc) is 2.55. The maximum absolute atomic E-state index is 9.71. The van der Waals surface area contributed by atoms with E-state index in [-0.39, 0.29) is 12.7 Å². The second-order valence-electron chi connectivity index (χ2n) is 9.04. The van der Waals surface area contributed by atoms with Gasteiger partial charge in [0.2, 0.25) is 0 Å². The van der Waals surface area contributed by atoms with Gasteiger partial charge in [-0.2, -0.15) is 0 Å². The van der Waals surface area contributed by atoms with E-state index in [2.05, 4.69) is 60.6 Å². The van der Waals surface area contributed by atoms with Crippen LogP contribution in [0, 0.1) is 17.8 Å². The summed E-state index contributed by atoms with van der Waals surface area (Å²) in [6.45, 7) is 15.4. The molecule has 158 valence electrons. The second kappa shape index (κ2) is 15.1. The molecule has 2 nitrogen and oxygen atoms in total. The minimum Gasteiger partial charge on any atom is -0.393 e. The lowest BCUT2D eigenvalue weighted by molar-refractivity contribution is 0.0266. The summed E-state index contributed by atoms with van der Waals surface area (Å²) < 4.78 is 0. The fourth-order valence-corrected chi connectivity index (χ4v) is 3.65. The summed E-state index contributed by atoms with van der Waals surface area (Å²) in [6.07, 6.45) is 14.4. The third-order valence-corrected chi connectivity index (χ3v) is 5.55. The number of hydrogen-bond acceptors (Lipinski definition) is 2. The van der Waals surface area contributed by atoms with Crippen LogP contribution in [0.5, 0.6) is 0 Å². The topological polar surface area (TPSA) is 40.5 Å². The van der Waals surface area contributed by atoms with Gasteiger partial charge in [-0.1, -0.05) is 62.1 Å². The standard InChI is InChI=1S/C15H26O.C10H20O/c1-13(2)7-5-8-14(3)9-6-10-15(4)11-12-16;1-7(2)9-5-4-8(3)6-10(9)11/h7,9,11,16H,5-6,8,10,12H2,1-4H3;7-11H,4-6H2,1-3H3. The molecule has 0 amide bonds. The van der Waals surface area contributed by atoms with Crippen molar-refractivity contribution < 1.29 is 10.2 Å². The highest BCUT2D eigenvalue weighted by Gasteiger charge is 2.28. The maximum Gasteiger partial charge on any atom is 0.0614 e. The first-order valence-electron chi connectivity index (χ1n) is 10.9. The van der Waals surface area contributed by atoms with Gasteiger partial charge < -0.3 is 10.2 Å². The van der Waals surface area contributed by atoms with Crippen LogP contribution in [0.15, 0.2) is 34.9 Å². The predicted molar refractivity (Wildman–Crippen MR) is 120 cm³/mol. The normalized spacial score (nSPS) is 23.7. The van der Waals surface area contributed by atoms with E-state index >= 15 is 0 Å². The molecule has 3 unspecified atom stereocenters. The number of aliphatic hydroxyl groups excluding tert-OH is 2. The number of allylic oxidation sites excluding steroid dienone is 5. The summed E-state index contributed by atoms with van der Waals surface area (Å²) in [4.78, 5) is 0. The molecule has 1 aliphatic carbocycles. The molecule has 1 fully saturated rings. The first-order valence-corrected chi connectivity index (χ1v) is 10.9. The van der Waals surface area contributed by atoms with Gasteiger partial charge in [-0.05, 0) is 84.0 Å². The van der Waals surface area contributed by atoms with Crippen molar-refractivity contribution in [2.24, 2.45) is 17.8 Å². The molecule has 0 radical (unpaired) electrons. The highest BCUT2D eigenvalue weighted by atomic mass is 16.3. The Morgan fingerprint density at radius 3 is 1.96 bits per heavy atom. The SMILES string of the molecule is CC(C)=CCCC(C)=CCCC(C)=CCO.CC1CCC(C(C)C)C(O)C1. The van der Waals surface area contributed by atoms with E-state index in [1.165, 1.54) is 29.6 Å². The van der Waals surface area contributed by atoms with E-state index in [9.17, 15) is 5.11 Å². The molecule has 0 aromatic carbocycles. The van der Waals surface area contributed by atoms with E-state index in [4.69, 9.17) is 5.11 Å². The Bertz CT molecular complexity index is 467. The van der Waals surface area contributed by atoms with Gasteiger partial charge in [0.05, 0.1) is 12.7 Å². The van der Waals surface area contributed by atoms with Crippen LogP contribution in [0.2, 0.25) is 0 Å². The fourth-order valence-electron chi connectivity index (χ4n) is 3.65. The van der Waals surface area contributed by atoms with E-state index in [1.54, 1.807) is 0 Å². The molecule has 0 heterocycles. The molecular weight excluding hydrogens is 332 g/mol. The van der Waals surface area contributed by atoms with Crippen LogP contribution >= 0.6 is 0 Å². The molecule has 0 spiro atoms. The summed E-state index contributed by atoms with van der Waals surface area (Å²) in [5.74, 6) is 1.95. The zero-order valence-corrected chi connectivity index (χ0v) is 19.1. The Morgan fingerprint density at radius 1 is 0.926 bits per heavy atom. The second-order valence-corrected chi connectivity index (χ2v) is 9.04. The van der Waals surface area contributed by atoms with Crippen LogP contribution in [-0.2, 0) is 0 Å². The van der Waals surface area contributed by atoms with E-state index in [0.717, 1.165) is 38.0 Å². The van der Waals surface area contributed by atoms with E-state index < -0.39 is 0 Å². The summed E-state index contributed by atoms with van der Waals surface area (Å²) >= 11 is 0. The van der Waals surface area contributed by atoms with Gasteiger partial charge in [0.25, 0.3) is 0 Å². The molecule has 27 heavy (non-hydrogen) atoms. The van der Waals surface area contributed by atoms with Crippen LogP contribution in [-0.4, -0.2) is 22.9 Å². The van der Waals surface area contributed by atoms with Crippen LogP contribution < -0.4 is 0 Å². The third kappa shape index (κ3) is 13.9. The third-order valence-electron chi connectivity index (χ3n) is 5.55. The lowest BCUT2D eigenvalue weighted by Gasteiger charge is -2.33. The fraction of sp³-hybridized carbons (Fsp3) is 0.760. The first-order chi connectivity index (χ1) is 12.7. The van der Waals surface area contributed by atoms with Crippen molar-refractivity contribution in [1.82, 2.24) is 0 Å². The van der Waals surface area contributed by atoms with Crippen molar-refractivity contribution in [2.75, 3.05) is 6.61 Å². The van der Waals surface area contributed by atoms with Crippen LogP contribution in [0.4, 0.5) is 0 Å². The lowest BCUT2D eigenvalue weighted by Crippen LogP contribution is -2.31. The molecule has 1 rings (SSSR count). The highest BCUT2D eigenvalue weighted by molar-refractivity contribution is 5.05. The molecule has 1 saturated carbocycles. The van der Waals surface area contributed by atoms with Gasteiger partial charge >= 0.3 is 0 Å². The molecule has 1 aliphatic rings. The summed E-state index contributed by atoms with van der Waals surface area (Å²) in [6, 6.07) is 0. The van der Waals surface area contributed by atoms with Crippen molar-refractivity contribution >= 4 is 0 Å². The first kappa shape index (κ1) is 26.1. The Morgan fingerprint density at radius 2 is 1.48 bits per heavy atom. The highest BCUT2D eigenvalue weighted by Crippen LogP contribution is 2.33. The minimum absolute atomic E-state index is 0.0289. The van der Waals surface area contributed by atoms with E-state index in [1.807, 2.05) is 6.08 Å². The zero-order chi connectivity index (χ0) is 20.8.